The Hall–Kier alpha value is -8.02. The van der Waals surface area contributed by atoms with E-state index in [2.05, 4.69) is 241 Å². The molecule has 0 aliphatic carbocycles. The third kappa shape index (κ3) is 7.31. The topological polar surface area (TPSA) is 35.9 Å². The summed E-state index contributed by atoms with van der Waals surface area (Å²) < 4.78 is 13.5. The van der Waals surface area contributed by atoms with Crippen molar-refractivity contribution in [1.82, 2.24) is 14.1 Å². The number of para-hydroxylation sites is 2. The molecule has 3 aromatic heterocycles. The Labute approximate surface area is 373 Å². The number of fused-ring (bicyclic) bond motifs is 4. The molecule has 0 saturated heterocycles. The van der Waals surface area contributed by atoms with E-state index in [4.69, 9.17) is 9.72 Å². The van der Waals surface area contributed by atoms with E-state index in [9.17, 15) is 0 Å². The molecule has 0 spiro atoms. The fraction of sp³-hybridized carbons (Fsp3) is 0.0847. The fourth-order valence-electron chi connectivity index (χ4n) is 9.15. The predicted molar refractivity (Wildman–Crippen MR) is 262 cm³/mol. The van der Waals surface area contributed by atoms with Crippen LogP contribution < -0.4 is 9.30 Å². The number of nitrogens with zero attached hydrogens (tertiary/aromatic N) is 4. The molecule has 8 aromatic carbocycles. The van der Waals surface area contributed by atoms with Crippen molar-refractivity contribution in [2.24, 2.45) is 5.41 Å². The molecule has 0 amide bonds. The first kappa shape index (κ1) is 38.9. The number of ether oxygens (including phenoxy) is 1. The van der Waals surface area contributed by atoms with Crippen molar-refractivity contribution in [3.63, 3.8) is 0 Å². The maximum absolute atomic E-state index is 6.81. The second-order valence-electron chi connectivity index (χ2n) is 17.7. The molecular formula is C59H46N4O. The zero-order valence-electron chi connectivity index (χ0n) is 36.1. The van der Waals surface area contributed by atoms with Crippen LogP contribution in [-0.4, -0.2) is 14.1 Å². The lowest BCUT2D eigenvalue weighted by Gasteiger charge is -2.18. The van der Waals surface area contributed by atoms with Gasteiger partial charge in [-0.3, -0.25) is 13.7 Å². The summed E-state index contributed by atoms with van der Waals surface area (Å²) in [5.41, 5.74) is 14.4. The van der Waals surface area contributed by atoms with Crippen LogP contribution in [0.15, 0.2) is 212 Å². The highest BCUT2D eigenvalue weighted by Gasteiger charge is 2.21. The van der Waals surface area contributed by atoms with E-state index in [-0.39, 0.29) is 5.41 Å². The first-order valence-electron chi connectivity index (χ1n) is 21.9. The van der Waals surface area contributed by atoms with Crippen molar-refractivity contribution in [2.45, 2.75) is 27.2 Å². The van der Waals surface area contributed by atoms with Gasteiger partial charge in [-0.15, -0.1) is 0 Å². The van der Waals surface area contributed by atoms with Crippen LogP contribution in [-0.2, 0) is 6.42 Å². The van der Waals surface area contributed by atoms with Crippen LogP contribution in [0.2, 0.25) is 0 Å². The molecule has 5 heteroatoms. The van der Waals surface area contributed by atoms with Gasteiger partial charge in [-0.2, -0.15) is 0 Å². The quantitative estimate of drug-likeness (QED) is 0.107. The zero-order chi connectivity index (χ0) is 43.2. The maximum atomic E-state index is 6.81. The van der Waals surface area contributed by atoms with E-state index in [0.29, 0.717) is 0 Å². The third-order valence-electron chi connectivity index (χ3n) is 11.9. The summed E-state index contributed by atoms with van der Waals surface area (Å²) in [6.07, 6.45) is 6.75. The van der Waals surface area contributed by atoms with Crippen LogP contribution in [0, 0.1) is 11.7 Å². The van der Waals surface area contributed by atoms with Crippen LogP contribution in [0.3, 0.4) is 0 Å². The molecule has 5 nitrogen and oxygen atoms in total. The minimum absolute atomic E-state index is 0.155. The zero-order valence-corrected chi connectivity index (χ0v) is 36.1. The van der Waals surface area contributed by atoms with Gasteiger partial charge in [-0.05, 0) is 105 Å². The molecule has 0 radical (unpaired) electrons. The van der Waals surface area contributed by atoms with Crippen LogP contribution >= 0.6 is 0 Å². The SMILES string of the molecule is CC(C)(C)Cc1ccnc(-n2c3ccccc3c3ccc(Oc4cccc(-n5[c-][n+](-c6c(-c7ccccc7)cccc6-c6ccccc6)c6ccc(-c7ccccc7)cc65)c4)cc32)c1. The molecule has 64 heavy (non-hydrogen) atoms. The second-order valence-corrected chi connectivity index (χ2v) is 17.7. The minimum Gasteiger partial charge on any atom is -0.458 e. The van der Waals surface area contributed by atoms with Gasteiger partial charge in [-0.1, -0.05) is 166 Å². The largest absolute Gasteiger partial charge is 0.458 e. The summed E-state index contributed by atoms with van der Waals surface area (Å²) in [6, 6.07) is 72.7. The van der Waals surface area contributed by atoms with Gasteiger partial charge in [0, 0.05) is 23.0 Å². The van der Waals surface area contributed by atoms with Crippen molar-refractivity contribution >= 4 is 32.8 Å². The molecule has 0 aliphatic rings. The molecule has 0 aliphatic heterocycles. The van der Waals surface area contributed by atoms with Gasteiger partial charge < -0.3 is 4.74 Å². The van der Waals surface area contributed by atoms with Gasteiger partial charge in [-0.25, -0.2) is 4.98 Å². The molecule has 0 fully saturated rings. The van der Waals surface area contributed by atoms with Crippen molar-refractivity contribution in [3.8, 4) is 62.1 Å². The third-order valence-corrected chi connectivity index (χ3v) is 11.9. The Morgan fingerprint density at radius 3 is 1.88 bits per heavy atom. The first-order chi connectivity index (χ1) is 31.3. The summed E-state index contributed by atoms with van der Waals surface area (Å²) in [5, 5.41) is 2.33. The Kier molecular flexibility index (Phi) is 9.73. The fourth-order valence-corrected chi connectivity index (χ4v) is 9.15. The highest BCUT2D eigenvalue weighted by Crippen LogP contribution is 2.38. The van der Waals surface area contributed by atoms with Gasteiger partial charge in [0.15, 0.2) is 0 Å². The maximum Gasteiger partial charge on any atom is 0.269 e. The Morgan fingerprint density at radius 2 is 1.16 bits per heavy atom. The van der Waals surface area contributed by atoms with Crippen molar-refractivity contribution in [1.29, 1.82) is 0 Å². The average molecular weight is 827 g/mol. The number of imidazole rings is 1. The standard InChI is InChI=1S/C59H46N4O/c1-59(2,3)39-41-33-34-60-57(35-41)63-53-28-14-13-25-51(53)52-31-30-48(38-55(52)63)64-47-24-15-23-46(37-47)61-40-62(54-32-29-45(36-56(54)61)42-17-7-4-8-18-42)58-49(43-19-9-5-10-20-43)26-16-27-50(58)44-21-11-6-12-22-44/h4-38H,39H2,1-3H3. The average Bonchev–Trinajstić information content (AvgIpc) is 3.87. The van der Waals surface area contributed by atoms with Gasteiger partial charge in [0.2, 0.25) is 0 Å². The molecule has 3 heterocycles. The molecule has 0 unspecified atom stereocenters. The van der Waals surface area contributed by atoms with E-state index in [1.165, 1.54) is 10.9 Å². The Balaban J connectivity index is 1.05. The normalized spacial score (nSPS) is 11.7. The molecule has 308 valence electrons. The number of rotatable bonds is 9. The minimum atomic E-state index is 0.155. The van der Waals surface area contributed by atoms with Gasteiger partial charge in [0.05, 0.1) is 33.4 Å². The van der Waals surface area contributed by atoms with E-state index in [1.54, 1.807) is 0 Å². The predicted octanol–water partition coefficient (Wildman–Crippen LogP) is 14.6. The van der Waals surface area contributed by atoms with Gasteiger partial charge >= 0.3 is 0 Å². The Bertz CT molecular complexity index is 3410. The molecule has 11 rings (SSSR count). The van der Waals surface area contributed by atoms with E-state index < -0.39 is 0 Å². The monoisotopic (exact) mass is 826 g/mol. The summed E-state index contributed by atoms with van der Waals surface area (Å²) in [5.74, 6) is 2.36. The lowest BCUT2D eigenvalue weighted by Crippen LogP contribution is -2.31. The molecule has 0 N–H and O–H groups in total. The first-order valence-corrected chi connectivity index (χ1v) is 21.9. The smallest absolute Gasteiger partial charge is 0.269 e. The van der Waals surface area contributed by atoms with Gasteiger partial charge in [0.1, 0.15) is 17.3 Å². The number of aromatic nitrogens is 4. The van der Waals surface area contributed by atoms with Gasteiger partial charge in [0.25, 0.3) is 6.33 Å². The van der Waals surface area contributed by atoms with Crippen molar-refractivity contribution < 1.29 is 9.30 Å². The van der Waals surface area contributed by atoms with E-state index >= 15 is 0 Å². The van der Waals surface area contributed by atoms with Crippen LogP contribution in [0.5, 0.6) is 11.5 Å². The molecule has 0 saturated carbocycles. The number of hydrogen-bond donors (Lipinski definition) is 0. The second kappa shape index (κ2) is 16.0. The van der Waals surface area contributed by atoms with Crippen molar-refractivity contribution in [2.75, 3.05) is 0 Å². The highest BCUT2D eigenvalue weighted by molar-refractivity contribution is 6.09. The van der Waals surface area contributed by atoms with E-state index in [0.717, 1.165) is 95.9 Å². The number of hydrogen-bond acceptors (Lipinski definition) is 2. The number of benzene rings is 8. The summed E-state index contributed by atoms with van der Waals surface area (Å²) >= 11 is 0. The highest BCUT2D eigenvalue weighted by atomic mass is 16.5. The lowest BCUT2D eigenvalue weighted by atomic mass is 9.88. The molecule has 0 atom stereocenters. The summed E-state index contributed by atoms with van der Waals surface area (Å²) in [6.45, 7) is 6.82. The van der Waals surface area contributed by atoms with E-state index in [1.807, 2.05) is 12.3 Å². The number of pyridine rings is 1. The summed E-state index contributed by atoms with van der Waals surface area (Å²) in [7, 11) is 0. The van der Waals surface area contributed by atoms with Crippen LogP contribution in [0.25, 0.3) is 83.4 Å². The van der Waals surface area contributed by atoms with Crippen LogP contribution in [0.1, 0.15) is 26.3 Å². The van der Waals surface area contributed by atoms with Crippen molar-refractivity contribution in [3.05, 3.63) is 224 Å². The molecule has 0 bridgehead atoms. The lowest BCUT2D eigenvalue weighted by molar-refractivity contribution is -0.571. The summed E-state index contributed by atoms with van der Waals surface area (Å²) in [4.78, 5) is 4.90. The molecular weight excluding hydrogens is 781 g/mol. The van der Waals surface area contributed by atoms with Crippen LogP contribution in [0.4, 0.5) is 0 Å². The Morgan fingerprint density at radius 1 is 0.516 bits per heavy atom. The molecule has 11 aromatic rings.